The molecule has 1 heterocycles. The average molecular weight is 429 g/mol. The molecular weight excluding hydrogens is 399 g/mol. The van der Waals surface area contributed by atoms with E-state index in [9.17, 15) is 9.50 Å². The van der Waals surface area contributed by atoms with Gasteiger partial charge in [0.05, 0.1) is 6.61 Å². The minimum atomic E-state index is -0.187. The van der Waals surface area contributed by atoms with E-state index in [4.69, 9.17) is 11.6 Å². The van der Waals surface area contributed by atoms with Gasteiger partial charge in [-0.05, 0) is 66.1 Å². The second-order valence-electron chi connectivity index (χ2n) is 9.14. The molecule has 2 aromatic rings. The maximum absolute atomic E-state index is 13.5. The molecule has 5 heteroatoms. The zero-order valence-corrected chi connectivity index (χ0v) is 18.1. The Kier molecular flexibility index (Phi) is 5.85. The first-order valence-corrected chi connectivity index (χ1v) is 11.7. The Labute approximate surface area is 183 Å². The van der Waals surface area contributed by atoms with Crippen molar-refractivity contribution in [3.8, 4) is 0 Å². The van der Waals surface area contributed by atoms with Crippen LogP contribution in [0.1, 0.15) is 54.3 Å². The van der Waals surface area contributed by atoms with Crippen molar-refractivity contribution in [3.05, 3.63) is 70.0 Å². The van der Waals surface area contributed by atoms with Crippen LogP contribution in [-0.2, 0) is 0 Å². The molecule has 3 atom stereocenters. The van der Waals surface area contributed by atoms with E-state index in [1.54, 1.807) is 12.1 Å². The number of nitrogens with zero attached hydrogens (tertiary/aromatic N) is 2. The summed E-state index contributed by atoms with van der Waals surface area (Å²) in [6, 6.07) is 14.2. The van der Waals surface area contributed by atoms with Crippen molar-refractivity contribution in [1.82, 2.24) is 9.80 Å². The van der Waals surface area contributed by atoms with E-state index in [1.165, 1.54) is 36.0 Å². The van der Waals surface area contributed by atoms with E-state index < -0.39 is 0 Å². The van der Waals surface area contributed by atoms with E-state index in [0.29, 0.717) is 12.1 Å². The summed E-state index contributed by atoms with van der Waals surface area (Å²) in [5.41, 5.74) is 3.84. The molecule has 1 saturated carbocycles. The summed E-state index contributed by atoms with van der Waals surface area (Å²) in [4.78, 5) is 5.15. The van der Waals surface area contributed by atoms with Crippen LogP contribution >= 0.6 is 11.6 Å². The van der Waals surface area contributed by atoms with Crippen molar-refractivity contribution in [3.63, 3.8) is 0 Å². The van der Waals surface area contributed by atoms with Crippen LogP contribution in [0.4, 0.5) is 4.39 Å². The van der Waals surface area contributed by atoms with Gasteiger partial charge in [0, 0.05) is 49.2 Å². The Morgan fingerprint density at radius 2 is 1.83 bits per heavy atom. The fourth-order valence-electron chi connectivity index (χ4n) is 5.82. The van der Waals surface area contributed by atoms with E-state index >= 15 is 0 Å². The van der Waals surface area contributed by atoms with Crippen LogP contribution in [0.5, 0.6) is 0 Å². The number of rotatable bonds is 5. The minimum Gasteiger partial charge on any atom is -0.395 e. The molecule has 0 aromatic heterocycles. The van der Waals surface area contributed by atoms with Gasteiger partial charge in [-0.25, -0.2) is 4.39 Å². The normalized spacial score (nSPS) is 27.8. The molecule has 2 aromatic carbocycles. The van der Waals surface area contributed by atoms with E-state index in [2.05, 4.69) is 21.9 Å². The lowest BCUT2D eigenvalue weighted by Crippen LogP contribution is -2.58. The summed E-state index contributed by atoms with van der Waals surface area (Å²) in [6.07, 6.45) is 4.97. The Morgan fingerprint density at radius 3 is 2.53 bits per heavy atom. The zero-order valence-electron chi connectivity index (χ0n) is 17.3. The summed E-state index contributed by atoms with van der Waals surface area (Å²) in [7, 11) is 0. The van der Waals surface area contributed by atoms with Crippen LogP contribution in [0.2, 0.25) is 5.02 Å². The number of aliphatic hydroxyl groups excluding tert-OH is 1. The maximum Gasteiger partial charge on any atom is 0.123 e. The van der Waals surface area contributed by atoms with Crippen molar-refractivity contribution in [1.29, 1.82) is 0 Å². The molecule has 3 nitrogen and oxygen atoms in total. The van der Waals surface area contributed by atoms with Gasteiger partial charge >= 0.3 is 0 Å². The number of hydrogen-bond donors (Lipinski definition) is 1. The fraction of sp³-hybridized carbons (Fsp3) is 0.520. The van der Waals surface area contributed by atoms with Gasteiger partial charge in [0.25, 0.3) is 0 Å². The predicted molar refractivity (Wildman–Crippen MR) is 118 cm³/mol. The third-order valence-corrected chi connectivity index (χ3v) is 7.84. The highest BCUT2D eigenvalue weighted by atomic mass is 35.5. The molecule has 0 radical (unpaired) electrons. The van der Waals surface area contributed by atoms with Crippen LogP contribution in [0.15, 0.2) is 42.5 Å². The predicted octanol–water partition coefficient (Wildman–Crippen LogP) is 4.83. The number of halogens is 2. The van der Waals surface area contributed by atoms with E-state index in [-0.39, 0.29) is 18.3 Å². The van der Waals surface area contributed by atoms with E-state index in [1.807, 2.05) is 18.2 Å². The summed E-state index contributed by atoms with van der Waals surface area (Å²) in [5.74, 6) is 0.848. The third-order valence-electron chi connectivity index (χ3n) is 7.60. The number of aliphatic hydroxyl groups is 1. The van der Waals surface area contributed by atoms with Crippen molar-refractivity contribution in [2.45, 2.75) is 43.7 Å². The number of fused-ring (bicyclic) bond motifs is 1. The molecule has 1 N–H and O–H groups in total. The average Bonchev–Trinajstić information content (AvgIpc) is 3.07. The van der Waals surface area contributed by atoms with Gasteiger partial charge in [-0.2, -0.15) is 0 Å². The topological polar surface area (TPSA) is 26.7 Å². The van der Waals surface area contributed by atoms with Crippen molar-refractivity contribution < 1.29 is 9.50 Å². The second-order valence-corrected chi connectivity index (χ2v) is 9.58. The van der Waals surface area contributed by atoms with Crippen LogP contribution in [0.3, 0.4) is 0 Å². The summed E-state index contributed by atoms with van der Waals surface area (Å²) in [6.45, 7) is 4.08. The molecule has 3 unspecified atom stereocenters. The van der Waals surface area contributed by atoms with Crippen LogP contribution in [0, 0.1) is 11.7 Å². The summed E-state index contributed by atoms with van der Waals surface area (Å²) >= 11 is 6.41. The standard InChI is InChI=1S/C25H30ClFN2O/c26-19-6-9-21-22(17-4-7-20(27)8-5-17)15-24(23(21)14-19)29-11-10-28(12-13-30)25(16-29)18-2-1-3-18/h4-9,14,18,22,24-25,30H,1-3,10-13,15-16H2. The SMILES string of the molecule is OCCN1CCN(C2CC(c3ccc(F)cc3)c3ccc(Cl)cc32)CC1C1CCC1. The number of β-amino-alcohol motifs (C(OH)–C–C–N with tert-alkyl or cyclic N) is 1. The van der Waals surface area contributed by atoms with E-state index in [0.717, 1.165) is 43.5 Å². The highest BCUT2D eigenvalue weighted by molar-refractivity contribution is 6.30. The Morgan fingerprint density at radius 1 is 1.03 bits per heavy atom. The number of benzene rings is 2. The molecule has 1 aliphatic heterocycles. The summed E-state index contributed by atoms with van der Waals surface area (Å²) in [5, 5.41) is 10.3. The maximum atomic E-state index is 13.5. The molecule has 0 amide bonds. The lowest BCUT2D eigenvalue weighted by Gasteiger charge is -2.49. The molecule has 0 bridgehead atoms. The highest BCUT2D eigenvalue weighted by Gasteiger charge is 2.41. The van der Waals surface area contributed by atoms with Crippen molar-refractivity contribution >= 4 is 11.6 Å². The third kappa shape index (κ3) is 3.80. The van der Waals surface area contributed by atoms with Gasteiger partial charge in [-0.15, -0.1) is 0 Å². The molecule has 0 spiro atoms. The van der Waals surface area contributed by atoms with Crippen molar-refractivity contribution in [2.24, 2.45) is 5.92 Å². The first kappa shape index (κ1) is 20.4. The Bertz CT molecular complexity index is 885. The lowest BCUT2D eigenvalue weighted by atomic mass is 9.78. The van der Waals surface area contributed by atoms with Gasteiger partial charge < -0.3 is 5.11 Å². The Balaban J connectivity index is 1.43. The molecule has 2 fully saturated rings. The number of piperazine rings is 1. The van der Waals surface area contributed by atoms with Gasteiger partial charge in [-0.1, -0.05) is 36.2 Å². The van der Waals surface area contributed by atoms with Gasteiger partial charge in [0.15, 0.2) is 0 Å². The van der Waals surface area contributed by atoms with Crippen LogP contribution in [-0.4, -0.2) is 53.7 Å². The minimum absolute atomic E-state index is 0.187. The Hall–Kier alpha value is -1.46. The fourth-order valence-corrected chi connectivity index (χ4v) is 6.00. The van der Waals surface area contributed by atoms with Gasteiger partial charge in [0.1, 0.15) is 5.82 Å². The molecule has 2 aliphatic carbocycles. The van der Waals surface area contributed by atoms with Crippen LogP contribution < -0.4 is 0 Å². The highest BCUT2D eigenvalue weighted by Crippen LogP contribution is 2.48. The van der Waals surface area contributed by atoms with Crippen molar-refractivity contribution in [2.75, 3.05) is 32.8 Å². The molecule has 3 aliphatic rings. The quantitative estimate of drug-likeness (QED) is 0.738. The molecular formula is C25H30ClFN2O. The lowest BCUT2D eigenvalue weighted by molar-refractivity contribution is -0.00705. The molecule has 1 saturated heterocycles. The summed E-state index contributed by atoms with van der Waals surface area (Å²) < 4.78 is 13.5. The second kappa shape index (κ2) is 8.58. The largest absolute Gasteiger partial charge is 0.395 e. The first-order chi connectivity index (χ1) is 14.6. The smallest absolute Gasteiger partial charge is 0.123 e. The van der Waals surface area contributed by atoms with Gasteiger partial charge in [-0.3, -0.25) is 9.80 Å². The van der Waals surface area contributed by atoms with Gasteiger partial charge in [0.2, 0.25) is 0 Å². The zero-order chi connectivity index (χ0) is 20.7. The molecule has 30 heavy (non-hydrogen) atoms. The molecule has 5 rings (SSSR count). The monoisotopic (exact) mass is 428 g/mol. The number of hydrogen-bond acceptors (Lipinski definition) is 3. The molecule has 160 valence electrons. The van der Waals surface area contributed by atoms with Crippen LogP contribution in [0.25, 0.3) is 0 Å². The first-order valence-electron chi connectivity index (χ1n) is 11.3.